The van der Waals surface area contributed by atoms with Crippen LogP contribution in [0.1, 0.15) is 13.8 Å². The fourth-order valence-electron chi connectivity index (χ4n) is 1.46. The van der Waals surface area contributed by atoms with Gasteiger partial charge in [-0.3, -0.25) is 4.79 Å². The van der Waals surface area contributed by atoms with Gasteiger partial charge in [0.1, 0.15) is 6.04 Å². The van der Waals surface area contributed by atoms with Crippen molar-refractivity contribution < 1.29 is 19.1 Å². The van der Waals surface area contributed by atoms with Crippen molar-refractivity contribution in [3.8, 4) is 0 Å². The second kappa shape index (κ2) is 5.27. The number of morpholine rings is 1. The molecule has 92 valence electrons. The van der Waals surface area contributed by atoms with Crippen LogP contribution < -0.4 is 10.6 Å². The van der Waals surface area contributed by atoms with Crippen molar-refractivity contribution >= 4 is 11.9 Å². The van der Waals surface area contributed by atoms with E-state index in [1.807, 2.05) is 0 Å². The lowest BCUT2D eigenvalue weighted by atomic mass is 10.0. The minimum absolute atomic E-state index is 0.308. The van der Waals surface area contributed by atoms with Crippen LogP contribution in [0.15, 0.2) is 0 Å². The summed E-state index contributed by atoms with van der Waals surface area (Å²) < 4.78 is 9.94. The highest BCUT2D eigenvalue weighted by Gasteiger charge is 2.37. The molecule has 6 heteroatoms. The SMILES string of the molecule is COC(=O)C(C)NC(=O)C1(C)CNCCO1. The molecule has 1 aliphatic rings. The third-order valence-corrected chi connectivity index (χ3v) is 2.54. The van der Waals surface area contributed by atoms with E-state index in [0.29, 0.717) is 13.2 Å². The number of hydrogen-bond acceptors (Lipinski definition) is 5. The van der Waals surface area contributed by atoms with Gasteiger partial charge < -0.3 is 20.1 Å². The number of nitrogens with one attached hydrogen (secondary N) is 2. The number of ether oxygens (including phenoxy) is 2. The molecule has 1 fully saturated rings. The zero-order valence-corrected chi connectivity index (χ0v) is 9.83. The molecule has 2 atom stereocenters. The molecule has 0 saturated carbocycles. The van der Waals surface area contributed by atoms with E-state index in [2.05, 4.69) is 15.4 Å². The molecule has 0 bridgehead atoms. The normalized spacial score (nSPS) is 26.9. The van der Waals surface area contributed by atoms with E-state index in [1.54, 1.807) is 13.8 Å². The van der Waals surface area contributed by atoms with Crippen LogP contribution in [-0.4, -0.2) is 50.3 Å². The van der Waals surface area contributed by atoms with E-state index < -0.39 is 17.6 Å². The molecule has 2 unspecified atom stereocenters. The van der Waals surface area contributed by atoms with Crippen molar-refractivity contribution in [1.29, 1.82) is 0 Å². The lowest BCUT2D eigenvalue weighted by Crippen LogP contribution is -2.59. The molecule has 6 nitrogen and oxygen atoms in total. The molecular formula is C10H18N2O4. The van der Waals surface area contributed by atoms with Gasteiger partial charge in [-0.1, -0.05) is 0 Å². The van der Waals surface area contributed by atoms with Gasteiger partial charge in [-0.05, 0) is 13.8 Å². The predicted molar refractivity (Wildman–Crippen MR) is 56.8 cm³/mol. The Morgan fingerprint density at radius 3 is 2.75 bits per heavy atom. The van der Waals surface area contributed by atoms with Crippen LogP contribution in [0.5, 0.6) is 0 Å². The Hall–Kier alpha value is -1.14. The summed E-state index contributed by atoms with van der Waals surface area (Å²) >= 11 is 0. The van der Waals surface area contributed by atoms with Crippen molar-refractivity contribution in [2.24, 2.45) is 0 Å². The number of esters is 1. The summed E-state index contributed by atoms with van der Waals surface area (Å²) in [7, 11) is 1.28. The summed E-state index contributed by atoms with van der Waals surface area (Å²) in [5.41, 5.74) is -0.916. The minimum atomic E-state index is -0.916. The third-order valence-electron chi connectivity index (χ3n) is 2.54. The van der Waals surface area contributed by atoms with Gasteiger partial charge in [0.15, 0.2) is 5.60 Å². The fourth-order valence-corrected chi connectivity index (χ4v) is 1.46. The summed E-state index contributed by atoms with van der Waals surface area (Å²) in [5.74, 6) is -0.779. The average Bonchev–Trinajstić information content (AvgIpc) is 2.28. The number of amides is 1. The molecule has 0 aromatic rings. The Labute approximate surface area is 94.7 Å². The molecule has 2 N–H and O–H groups in total. The van der Waals surface area contributed by atoms with E-state index in [-0.39, 0.29) is 5.91 Å². The van der Waals surface area contributed by atoms with Gasteiger partial charge in [0, 0.05) is 13.1 Å². The maximum Gasteiger partial charge on any atom is 0.328 e. The molecule has 0 aromatic carbocycles. The molecule has 0 spiro atoms. The van der Waals surface area contributed by atoms with Crippen molar-refractivity contribution in [2.45, 2.75) is 25.5 Å². The largest absolute Gasteiger partial charge is 0.467 e. The van der Waals surface area contributed by atoms with E-state index in [9.17, 15) is 9.59 Å². The van der Waals surface area contributed by atoms with Crippen LogP contribution in [0.25, 0.3) is 0 Å². The minimum Gasteiger partial charge on any atom is -0.467 e. The van der Waals surface area contributed by atoms with Gasteiger partial charge in [0.05, 0.1) is 13.7 Å². The van der Waals surface area contributed by atoms with Gasteiger partial charge in [0.25, 0.3) is 5.91 Å². The lowest BCUT2D eigenvalue weighted by Gasteiger charge is -2.33. The Morgan fingerprint density at radius 1 is 1.56 bits per heavy atom. The summed E-state index contributed by atoms with van der Waals surface area (Å²) in [6.45, 7) is 4.92. The van der Waals surface area contributed by atoms with E-state index in [1.165, 1.54) is 7.11 Å². The smallest absolute Gasteiger partial charge is 0.328 e. The van der Waals surface area contributed by atoms with Gasteiger partial charge >= 0.3 is 5.97 Å². The molecule has 1 aliphatic heterocycles. The zero-order valence-electron chi connectivity index (χ0n) is 9.83. The second-order valence-electron chi connectivity index (χ2n) is 3.97. The Morgan fingerprint density at radius 2 is 2.25 bits per heavy atom. The molecule has 1 rings (SSSR count). The first-order valence-corrected chi connectivity index (χ1v) is 5.23. The standard InChI is InChI=1S/C10H18N2O4/c1-7(8(13)15-3)12-9(14)10(2)6-11-4-5-16-10/h7,11H,4-6H2,1-3H3,(H,12,14). The first-order chi connectivity index (χ1) is 7.49. The van der Waals surface area contributed by atoms with Crippen molar-refractivity contribution in [3.63, 3.8) is 0 Å². The number of hydrogen-bond donors (Lipinski definition) is 2. The first kappa shape index (κ1) is 12.9. The van der Waals surface area contributed by atoms with Crippen LogP contribution >= 0.6 is 0 Å². The van der Waals surface area contributed by atoms with Gasteiger partial charge in [-0.2, -0.15) is 0 Å². The van der Waals surface area contributed by atoms with Crippen molar-refractivity contribution in [2.75, 3.05) is 26.8 Å². The fraction of sp³-hybridized carbons (Fsp3) is 0.800. The molecule has 0 aromatic heterocycles. The Kier molecular flexibility index (Phi) is 4.26. The highest BCUT2D eigenvalue weighted by molar-refractivity contribution is 5.89. The lowest BCUT2D eigenvalue weighted by molar-refractivity contribution is -0.153. The number of rotatable bonds is 3. The van der Waals surface area contributed by atoms with Crippen LogP contribution in [0.2, 0.25) is 0 Å². The van der Waals surface area contributed by atoms with Crippen molar-refractivity contribution in [1.82, 2.24) is 10.6 Å². The highest BCUT2D eigenvalue weighted by atomic mass is 16.5. The van der Waals surface area contributed by atoms with Crippen LogP contribution in [0.4, 0.5) is 0 Å². The monoisotopic (exact) mass is 230 g/mol. The van der Waals surface area contributed by atoms with Gasteiger partial charge in [-0.15, -0.1) is 0 Å². The number of carbonyl (C=O) groups excluding carboxylic acids is 2. The summed E-state index contributed by atoms with van der Waals surface area (Å²) in [4.78, 5) is 23.0. The third kappa shape index (κ3) is 2.93. The predicted octanol–water partition coefficient (Wildman–Crippen LogP) is -0.957. The molecule has 1 amide bonds. The van der Waals surface area contributed by atoms with Crippen LogP contribution in [-0.2, 0) is 19.1 Å². The van der Waals surface area contributed by atoms with E-state index in [4.69, 9.17) is 4.74 Å². The first-order valence-electron chi connectivity index (χ1n) is 5.23. The van der Waals surface area contributed by atoms with Crippen molar-refractivity contribution in [3.05, 3.63) is 0 Å². The topological polar surface area (TPSA) is 76.7 Å². The summed E-state index contributed by atoms with van der Waals surface area (Å²) in [6.07, 6.45) is 0. The molecule has 1 heterocycles. The molecule has 0 aliphatic carbocycles. The molecule has 16 heavy (non-hydrogen) atoms. The number of carbonyl (C=O) groups is 2. The van der Waals surface area contributed by atoms with Gasteiger partial charge in [0.2, 0.25) is 0 Å². The van der Waals surface area contributed by atoms with Crippen LogP contribution in [0, 0.1) is 0 Å². The zero-order chi connectivity index (χ0) is 12.2. The Bertz CT molecular complexity index is 274. The van der Waals surface area contributed by atoms with E-state index >= 15 is 0 Å². The maximum absolute atomic E-state index is 11.9. The molecule has 0 radical (unpaired) electrons. The summed E-state index contributed by atoms with van der Waals surface area (Å²) in [5, 5.41) is 5.63. The van der Waals surface area contributed by atoms with Gasteiger partial charge in [-0.25, -0.2) is 4.79 Å². The number of methoxy groups -OCH3 is 1. The molecular weight excluding hydrogens is 212 g/mol. The maximum atomic E-state index is 11.9. The average molecular weight is 230 g/mol. The second-order valence-corrected chi connectivity index (χ2v) is 3.97. The molecule has 1 saturated heterocycles. The quantitative estimate of drug-likeness (QED) is 0.611. The highest BCUT2D eigenvalue weighted by Crippen LogP contribution is 2.12. The van der Waals surface area contributed by atoms with E-state index in [0.717, 1.165) is 6.54 Å². The summed E-state index contributed by atoms with van der Waals surface area (Å²) in [6, 6.07) is -0.667. The Balaban J connectivity index is 2.53. The van der Waals surface area contributed by atoms with Crippen LogP contribution in [0.3, 0.4) is 0 Å².